The van der Waals surface area contributed by atoms with Gasteiger partial charge in [0.15, 0.2) is 5.11 Å². The molecule has 1 amide bonds. The minimum absolute atomic E-state index is 0.0368. The second kappa shape index (κ2) is 12.2. The van der Waals surface area contributed by atoms with E-state index in [2.05, 4.69) is 52.8 Å². The molecule has 1 saturated heterocycles. The maximum absolute atomic E-state index is 12.4. The van der Waals surface area contributed by atoms with Gasteiger partial charge in [0.05, 0.1) is 26.2 Å². The topological polar surface area (TPSA) is 48.8 Å². The molecule has 1 aromatic carbocycles. The van der Waals surface area contributed by atoms with Crippen LogP contribution in [0.2, 0.25) is 0 Å². The SMILES string of the molecule is Cc1ccc(C[NH+]2CCN(C(=S)NCC(=O)NCCC3=CCCCC3)CC23CCCCC3)cc1. The van der Waals surface area contributed by atoms with Crippen molar-refractivity contribution >= 4 is 23.2 Å². The van der Waals surface area contributed by atoms with Crippen molar-refractivity contribution in [3.05, 3.63) is 47.0 Å². The first kappa shape index (κ1) is 25.2. The van der Waals surface area contributed by atoms with Gasteiger partial charge in [-0.25, -0.2) is 0 Å². The first-order valence-electron chi connectivity index (χ1n) is 13.4. The predicted octanol–water partition coefficient (Wildman–Crippen LogP) is 3.28. The highest BCUT2D eigenvalue weighted by atomic mass is 32.1. The van der Waals surface area contributed by atoms with Crippen molar-refractivity contribution in [3.63, 3.8) is 0 Å². The number of hydrogen-bond acceptors (Lipinski definition) is 2. The third-order valence-electron chi connectivity index (χ3n) is 8.12. The number of carbonyl (C=O) groups is 1. The molecule has 6 heteroatoms. The van der Waals surface area contributed by atoms with Crippen LogP contribution in [0.1, 0.15) is 75.3 Å². The van der Waals surface area contributed by atoms with Gasteiger partial charge in [-0.2, -0.15) is 0 Å². The van der Waals surface area contributed by atoms with Crippen molar-refractivity contribution in [2.75, 3.05) is 32.7 Å². The zero-order valence-electron chi connectivity index (χ0n) is 21.0. The molecular formula is C28H43N4OS+. The van der Waals surface area contributed by atoms with Crippen LogP contribution in [0.3, 0.4) is 0 Å². The molecule has 2 aliphatic carbocycles. The average Bonchev–Trinajstić information content (AvgIpc) is 2.86. The number of nitrogens with zero attached hydrogens (tertiary/aromatic N) is 1. The summed E-state index contributed by atoms with van der Waals surface area (Å²) >= 11 is 5.76. The van der Waals surface area contributed by atoms with Crippen LogP contribution in [0.5, 0.6) is 0 Å². The van der Waals surface area contributed by atoms with Gasteiger partial charge in [0, 0.05) is 24.9 Å². The number of thiocarbonyl (C=S) groups is 1. The van der Waals surface area contributed by atoms with E-state index in [1.807, 2.05) is 0 Å². The fraction of sp³-hybridized carbons (Fsp3) is 0.643. The Kier molecular flexibility index (Phi) is 9.01. The lowest BCUT2D eigenvalue weighted by molar-refractivity contribution is -0.971. The maximum Gasteiger partial charge on any atom is 0.239 e. The molecule has 4 rings (SSSR count). The van der Waals surface area contributed by atoms with Crippen LogP contribution >= 0.6 is 12.2 Å². The van der Waals surface area contributed by atoms with E-state index in [0.29, 0.717) is 0 Å². The molecule has 1 aliphatic heterocycles. The Morgan fingerprint density at radius 2 is 1.88 bits per heavy atom. The van der Waals surface area contributed by atoms with Crippen LogP contribution < -0.4 is 15.5 Å². The average molecular weight is 484 g/mol. The number of quaternary nitrogens is 1. The summed E-state index contributed by atoms with van der Waals surface area (Å²) in [5.74, 6) is 0.0368. The first-order chi connectivity index (χ1) is 16.5. The van der Waals surface area contributed by atoms with E-state index in [1.54, 1.807) is 4.90 Å². The summed E-state index contributed by atoms with van der Waals surface area (Å²) in [6.45, 7) is 7.27. The summed E-state index contributed by atoms with van der Waals surface area (Å²) in [5, 5.41) is 7.05. The quantitative estimate of drug-likeness (QED) is 0.412. The Morgan fingerprint density at radius 1 is 1.09 bits per heavy atom. The maximum atomic E-state index is 12.4. The lowest BCUT2D eigenvalue weighted by Gasteiger charge is -2.50. The molecule has 1 heterocycles. The molecule has 0 aromatic heterocycles. The van der Waals surface area contributed by atoms with E-state index in [4.69, 9.17) is 12.2 Å². The molecule has 2 fully saturated rings. The lowest BCUT2D eigenvalue weighted by atomic mass is 9.78. The Morgan fingerprint density at radius 3 is 2.62 bits per heavy atom. The van der Waals surface area contributed by atoms with Crippen LogP contribution in [0.4, 0.5) is 0 Å². The van der Waals surface area contributed by atoms with E-state index < -0.39 is 0 Å². The fourth-order valence-electron chi connectivity index (χ4n) is 6.06. The second-order valence-corrected chi connectivity index (χ2v) is 11.0. The molecule has 3 N–H and O–H groups in total. The van der Waals surface area contributed by atoms with Crippen molar-refractivity contribution in [1.82, 2.24) is 15.5 Å². The summed E-state index contributed by atoms with van der Waals surface area (Å²) in [6, 6.07) is 9.05. The molecule has 5 nitrogen and oxygen atoms in total. The van der Waals surface area contributed by atoms with Gasteiger partial charge >= 0.3 is 0 Å². The van der Waals surface area contributed by atoms with E-state index in [9.17, 15) is 4.79 Å². The van der Waals surface area contributed by atoms with Gasteiger partial charge in [0.25, 0.3) is 0 Å². The van der Waals surface area contributed by atoms with E-state index in [0.717, 1.165) is 44.3 Å². The highest BCUT2D eigenvalue weighted by Gasteiger charge is 2.46. The van der Waals surface area contributed by atoms with Gasteiger partial charge in [-0.15, -0.1) is 0 Å². The molecule has 186 valence electrons. The van der Waals surface area contributed by atoms with Crippen LogP contribution in [0.15, 0.2) is 35.9 Å². The smallest absolute Gasteiger partial charge is 0.239 e. The van der Waals surface area contributed by atoms with Crippen molar-refractivity contribution in [3.8, 4) is 0 Å². The molecule has 1 unspecified atom stereocenters. The number of hydrogen-bond donors (Lipinski definition) is 3. The van der Waals surface area contributed by atoms with Gasteiger partial charge < -0.3 is 20.4 Å². The summed E-state index contributed by atoms with van der Waals surface area (Å²) in [5.41, 5.74) is 4.52. The highest BCUT2D eigenvalue weighted by molar-refractivity contribution is 7.80. The van der Waals surface area contributed by atoms with Crippen LogP contribution in [0, 0.1) is 6.92 Å². The largest absolute Gasteiger partial charge is 0.354 e. The summed E-state index contributed by atoms with van der Waals surface area (Å²) in [4.78, 5) is 16.4. The number of benzene rings is 1. The van der Waals surface area contributed by atoms with E-state index in [1.165, 1.54) is 74.5 Å². The van der Waals surface area contributed by atoms with Crippen LogP contribution in [0.25, 0.3) is 0 Å². The molecule has 0 radical (unpaired) electrons. The van der Waals surface area contributed by atoms with Crippen LogP contribution in [-0.4, -0.2) is 54.2 Å². The zero-order chi connectivity index (χ0) is 23.8. The minimum atomic E-state index is 0.0368. The third-order valence-corrected chi connectivity index (χ3v) is 8.52. The molecule has 0 bridgehead atoms. The highest BCUT2D eigenvalue weighted by Crippen LogP contribution is 2.28. The van der Waals surface area contributed by atoms with Crippen molar-refractivity contribution in [2.45, 2.75) is 83.2 Å². The number of rotatable bonds is 7. The summed E-state index contributed by atoms with van der Waals surface area (Å²) in [7, 11) is 0. The van der Waals surface area contributed by atoms with Gasteiger partial charge in [-0.1, -0.05) is 47.9 Å². The Balaban J connectivity index is 1.26. The number of nitrogens with one attached hydrogen (secondary N) is 3. The fourth-order valence-corrected chi connectivity index (χ4v) is 6.29. The van der Waals surface area contributed by atoms with Gasteiger partial charge in [0.1, 0.15) is 12.1 Å². The van der Waals surface area contributed by atoms with Crippen molar-refractivity contribution in [2.24, 2.45) is 0 Å². The van der Waals surface area contributed by atoms with E-state index in [-0.39, 0.29) is 18.0 Å². The molecule has 1 saturated carbocycles. The standard InChI is InChI=1S/C28H42N4OS/c1-23-10-12-25(13-11-23)21-32-19-18-31(22-28(32)15-6-3-7-16-28)27(34)30-20-26(33)29-17-14-24-8-4-2-5-9-24/h8,10-13H,2-7,9,14-22H2,1H3,(H,29,33)(H,30,34)/p+1. The normalized spacial score (nSPS) is 22.2. The first-order valence-corrected chi connectivity index (χ1v) is 13.8. The third kappa shape index (κ3) is 6.82. The van der Waals surface area contributed by atoms with Gasteiger partial charge in [0.2, 0.25) is 5.91 Å². The zero-order valence-corrected chi connectivity index (χ0v) is 21.8. The number of piperazine rings is 1. The van der Waals surface area contributed by atoms with Gasteiger partial charge in [-0.05, 0) is 64.1 Å². The number of allylic oxidation sites excluding steroid dienone is 1. The lowest BCUT2D eigenvalue weighted by Crippen LogP contribution is -3.22. The molecule has 3 aliphatic rings. The molecule has 1 spiro atoms. The Bertz CT molecular complexity index is 860. The molecular weight excluding hydrogens is 440 g/mol. The number of carbonyl (C=O) groups excluding carboxylic acids is 1. The molecule has 1 atom stereocenters. The predicted molar refractivity (Wildman–Crippen MR) is 143 cm³/mol. The van der Waals surface area contributed by atoms with E-state index >= 15 is 0 Å². The summed E-state index contributed by atoms with van der Waals surface area (Å²) in [6.07, 6.45) is 14.8. The Labute approximate surface area is 211 Å². The number of amides is 1. The second-order valence-electron chi connectivity index (χ2n) is 10.6. The Hall–Kier alpha value is -1.92. The molecule has 1 aromatic rings. The van der Waals surface area contributed by atoms with Crippen molar-refractivity contribution in [1.29, 1.82) is 0 Å². The monoisotopic (exact) mass is 483 g/mol. The minimum Gasteiger partial charge on any atom is -0.354 e. The summed E-state index contributed by atoms with van der Waals surface area (Å²) < 4.78 is 0. The number of aryl methyl sites for hydroxylation is 1. The van der Waals surface area contributed by atoms with Crippen LogP contribution in [-0.2, 0) is 11.3 Å². The van der Waals surface area contributed by atoms with Gasteiger partial charge in [-0.3, -0.25) is 4.79 Å². The molecule has 34 heavy (non-hydrogen) atoms. The van der Waals surface area contributed by atoms with Crippen molar-refractivity contribution < 1.29 is 9.69 Å².